The molecule has 1 atom stereocenters. The number of carbonyl (C=O) groups excluding carboxylic acids is 2. The molecular weight excluding hydrogens is 386 g/mol. The summed E-state index contributed by atoms with van der Waals surface area (Å²) in [5.74, 6) is 0.670. The lowest BCUT2D eigenvalue weighted by Crippen LogP contribution is -2.38. The van der Waals surface area contributed by atoms with Crippen molar-refractivity contribution in [2.45, 2.75) is 39.8 Å². The highest BCUT2D eigenvalue weighted by Gasteiger charge is 2.28. The Hall–Kier alpha value is -3.42. The molecule has 2 amide bonds. The second-order valence-corrected chi connectivity index (χ2v) is 7.78. The van der Waals surface area contributed by atoms with Gasteiger partial charge in [-0.3, -0.25) is 19.7 Å². The van der Waals surface area contributed by atoms with Gasteiger partial charge in [0.15, 0.2) is 6.10 Å². The van der Waals surface area contributed by atoms with Crippen molar-refractivity contribution >= 4 is 23.2 Å². The number of rotatable bonds is 6. The van der Waals surface area contributed by atoms with Crippen LogP contribution in [0.25, 0.3) is 0 Å². The van der Waals surface area contributed by atoms with Crippen LogP contribution in [-0.4, -0.2) is 34.3 Å². The molecule has 2 aromatic carbocycles. The van der Waals surface area contributed by atoms with Crippen LogP contribution in [-0.2, 0) is 11.3 Å². The number of amides is 2. The lowest BCUT2D eigenvalue weighted by atomic mass is 10.1. The molecule has 0 aromatic heterocycles. The molecule has 30 heavy (non-hydrogen) atoms. The van der Waals surface area contributed by atoms with Gasteiger partial charge in [-0.15, -0.1) is 0 Å². The first-order chi connectivity index (χ1) is 14.2. The lowest BCUT2D eigenvalue weighted by Gasteiger charge is -2.23. The van der Waals surface area contributed by atoms with E-state index in [1.54, 1.807) is 30.0 Å². The van der Waals surface area contributed by atoms with Crippen molar-refractivity contribution in [2.24, 2.45) is 5.92 Å². The molecule has 1 N–H and O–H groups in total. The van der Waals surface area contributed by atoms with E-state index >= 15 is 0 Å². The van der Waals surface area contributed by atoms with Gasteiger partial charge in [0.05, 0.1) is 4.92 Å². The molecule has 0 spiro atoms. The Morgan fingerprint density at radius 1 is 1.27 bits per heavy atom. The highest BCUT2D eigenvalue weighted by Crippen LogP contribution is 2.29. The number of carbonyl (C=O) groups is 2. The van der Waals surface area contributed by atoms with Gasteiger partial charge in [0.2, 0.25) is 0 Å². The maximum absolute atomic E-state index is 12.6. The third-order valence-electron chi connectivity index (χ3n) is 4.96. The number of nitro benzene ring substituents is 1. The number of nitro groups is 1. The minimum absolute atomic E-state index is 0.0525. The number of non-ortho nitro benzene ring substituents is 1. The zero-order chi connectivity index (χ0) is 21.8. The van der Waals surface area contributed by atoms with Crippen molar-refractivity contribution in [3.63, 3.8) is 0 Å². The molecule has 0 fully saturated rings. The average molecular weight is 411 g/mol. The van der Waals surface area contributed by atoms with Crippen molar-refractivity contribution in [3.05, 3.63) is 63.7 Å². The predicted octanol–water partition coefficient (Wildman–Crippen LogP) is 4.00. The van der Waals surface area contributed by atoms with E-state index in [2.05, 4.69) is 19.2 Å². The molecule has 1 aliphatic rings. The monoisotopic (exact) mass is 411 g/mol. The Balaban J connectivity index is 1.77. The van der Waals surface area contributed by atoms with Crippen LogP contribution in [0, 0.1) is 16.0 Å². The van der Waals surface area contributed by atoms with E-state index in [4.69, 9.17) is 4.74 Å². The van der Waals surface area contributed by atoms with E-state index in [0.717, 1.165) is 12.0 Å². The third kappa shape index (κ3) is 4.94. The first-order valence-corrected chi connectivity index (χ1v) is 9.88. The van der Waals surface area contributed by atoms with E-state index in [-0.39, 0.29) is 17.5 Å². The Morgan fingerprint density at radius 3 is 2.60 bits per heavy atom. The first-order valence-electron chi connectivity index (χ1n) is 9.88. The highest BCUT2D eigenvalue weighted by atomic mass is 16.6. The summed E-state index contributed by atoms with van der Waals surface area (Å²) in [6.07, 6.45) is 0.323. The number of hydrogen-bond donors (Lipinski definition) is 1. The van der Waals surface area contributed by atoms with Crippen molar-refractivity contribution in [3.8, 4) is 5.75 Å². The zero-order valence-corrected chi connectivity index (χ0v) is 17.3. The number of anilines is 1. The number of nitrogens with zero attached hydrogens (tertiary/aromatic N) is 2. The van der Waals surface area contributed by atoms with Crippen LogP contribution in [0.4, 0.5) is 11.4 Å². The highest BCUT2D eigenvalue weighted by molar-refractivity contribution is 6.04. The van der Waals surface area contributed by atoms with E-state index in [1.165, 1.54) is 24.3 Å². The second kappa shape index (κ2) is 8.94. The van der Waals surface area contributed by atoms with E-state index < -0.39 is 11.0 Å². The summed E-state index contributed by atoms with van der Waals surface area (Å²) in [7, 11) is 0. The quantitative estimate of drug-likeness (QED) is 0.572. The van der Waals surface area contributed by atoms with E-state index in [0.29, 0.717) is 36.0 Å². The van der Waals surface area contributed by atoms with Crippen LogP contribution in [0.15, 0.2) is 42.5 Å². The van der Waals surface area contributed by atoms with Crippen LogP contribution in [0.3, 0.4) is 0 Å². The lowest BCUT2D eigenvalue weighted by molar-refractivity contribution is -0.384. The molecule has 1 heterocycles. The maximum atomic E-state index is 12.6. The number of nitrogens with one attached hydrogen (secondary N) is 1. The topological polar surface area (TPSA) is 102 Å². The van der Waals surface area contributed by atoms with Crippen LogP contribution in [0.5, 0.6) is 5.75 Å². The summed E-state index contributed by atoms with van der Waals surface area (Å²) in [6, 6.07) is 10.7. The molecule has 158 valence electrons. The summed E-state index contributed by atoms with van der Waals surface area (Å²) in [6.45, 7) is 7.02. The fourth-order valence-electron chi connectivity index (χ4n) is 3.22. The molecule has 2 aromatic rings. The Morgan fingerprint density at radius 2 is 1.97 bits per heavy atom. The Kier molecular flexibility index (Phi) is 6.34. The predicted molar refractivity (Wildman–Crippen MR) is 112 cm³/mol. The van der Waals surface area contributed by atoms with Gasteiger partial charge in [-0.1, -0.05) is 13.8 Å². The van der Waals surface area contributed by atoms with Gasteiger partial charge < -0.3 is 15.0 Å². The van der Waals surface area contributed by atoms with E-state index in [9.17, 15) is 19.7 Å². The minimum atomic E-state index is -0.570. The first kappa shape index (κ1) is 21.3. The molecular formula is C22H25N3O5. The largest absolute Gasteiger partial charge is 0.481 e. The fourth-order valence-corrected chi connectivity index (χ4v) is 3.22. The van der Waals surface area contributed by atoms with Gasteiger partial charge >= 0.3 is 0 Å². The van der Waals surface area contributed by atoms with Gasteiger partial charge in [0, 0.05) is 42.0 Å². The summed E-state index contributed by atoms with van der Waals surface area (Å²) in [5.41, 5.74) is 1.62. The number of fused-ring (bicyclic) bond motifs is 1. The standard InChI is InChI=1S/C22H25N3O5/c1-14(2)10-11-24-13-17-12-18(6-9-20(17)30-15(3)22(24)27)23-21(26)16-4-7-19(8-5-16)25(28)29/h4-9,12,14-15H,10-11,13H2,1-3H3,(H,23,26). The van der Waals surface area contributed by atoms with Crippen molar-refractivity contribution < 1.29 is 19.2 Å². The Bertz CT molecular complexity index is 956. The van der Waals surface area contributed by atoms with Gasteiger partial charge in [-0.05, 0) is 49.6 Å². The van der Waals surface area contributed by atoms with Crippen LogP contribution in [0.1, 0.15) is 43.1 Å². The molecule has 0 saturated carbocycles. The molecule has 8 nitrogen and oxygen atoms in total. The van der Waals surface area contributed by atoms with Gasteiger partial charge in [0.25, 0.3) is 17.5 Å². The number of hydrogen-bond acceptors (Lipinski definition) is 5. The Labute approximate surface area is 175 Å². The third-order valence-corrected chi connectivity index (χ3v) is 4.96. The zero-order valence-electron chi connectivity index (χ0n) is 17.3. The smallest absolute Gasteiger partial charge is 0.269 e. The molecule has 1 aliphatic heterocycles. The molecule has 0 bridgehead atoms. The van der Waals surface area contributed by atoms with Crippen LogP contribution in [0.2, 0.25) is 0 Å². The van der Waals surface area contributed by atoms with E-state index in [1.807, 2.05) is 0 Å². The van der Waals surface area contributed by atoms with Crippen LogP contribution < -0.4 is 10.1 Å². The second-order valence-electron chi connectivity index (χ2n) is 7.78. The SMILES string of the molecule is CC(C)CCN1Cc2cc(NC(=O)c3ccc([N+](=O)[O-])cc3)ccc2OC(C)C1=O. The minimum Gasteiger partial charge on any atom is -0.481 e. The molecule has 8 heteroatoms. The number of ether oxygens (including phenoxy) is 1. The number of benzene rings is 2. The maximum Gasteiger partial charge on any atom is 0.269 e. The molecule has 0 radical (unpaired) electrons. The summed E-state index contributed by atoms with van der Waals surface area (Å²) >= 11 is 0. The van der Waals surface area contributed by atoms with Crippen molar-refractivity contribution in [1.29, 1.82) is 0 Å². The molecule has 1 unspecified atom stereocenters. The van der Waals surface area contributed by atoms with Gasteiger partial charge in [0.1, 0.15) is 5.75 Å². The normalized spacial score (nSPS) is 15.9. The van der Waals surface area contributed by atoms with Crippen LogP contribution >= 0.6 is 0 Å². The summed E-state index contributed by atoms with van der Waals surface area (Å²) in [4.78, 5) is 37.2. The summed E-state index contributed by atoms with van der Waals surface area (Å²) < 4.78 is 5.82. The average Bonchev–Trinajstić information content (AvgIpc) is 2.82. The van der Waals surface area contributed by atoms with Crippen molar-refractivity contribution in [2.75, 3.05) is 11.9 Å². The molecule has 3 rings (SSSR count). The van der Waals surface area contributed by atoms with Gasteiger partial charge in [-0.25, -0.2) is 0 Å². The summed E-state index contributed by atoms with van der Waals surface area (Å²) in [5, 5.41) is 13.6. The molecule has 0 aliphatic carbocycles. The van der Waals surface area contributed by atoms with Gasteiger partial charge in [-0.2, -0.15) is 0 Å². The fraction of sp³-hybridized carbons (Fsp3) is 0.364. The molecule has 0 saturated heterocycles. The van der Waals surface area contributed by atoms with Crippen molar-refractivity contribution in [1.82, 2.24) is 4.90 Å².